The topological polar surface area (TPSA) is 122 Å². The predicted octanol–water partition coefficient (Wildman–Crippen LogP) is 5.14. The minimum atomic E-state index is -1.14. The maximum atomic E-state index is 14.4. The van der Waals surface area contributed by atoms with E-state index in [1.807, 2.05) is 48.5 Å². The number of nitrogens with one attached hydrogen (secondary N) is 1. The van der Waals surface area contributed by atoms with Crippen LogP contribution in [0, 0.1) is 22.0 Å². The fraction of sp³-hybridized carbons (Fsp3) is 0.152. The second-order valence-electron chi connectivity index (χ2n) is 10.9. The van der Waals surface area contributed by atoms with Gasteiger partial charge in [-0.25, -0.2) is 10.3 Å². The van der Waals surface area contributed by atoms with Gasteiger partial charge in [0.1, 0.15) is 0 Å². The molecule has 8 rings (SSSR count). The number of nitro groups is 1. The molecule has 3 aliphatic carbocycles. The van der Waals surface area contributed by atoms with Crippen LogP contribution in [-0.2, 0) is 26.2 Å². The largest absolute Gasteiger partial charge is 0.274 e. The van der Waals surface area contributed by atoms with Crippen molar-refractivity contribution in [2.75, 3.05) is 4.90 Å². The number of hydrazone groups is 1. The van der Waals surface area contributed by atoms with Crippen LogP contribution >= 0.6 is 11.6 Å². The third kappa shape index (κ3) is 3.92. The molecule has 10 heteroatoms. The van der Waals surface area contributed by atoms with Crippen LogP contribution in [0.5, 0.6) is 0 Å². The first-order valence-corrected chi connectivity index (χ1v) is 14.1. The third-order valence-corrected chi connectivity index (χ3v) is 9.07. The van der Waals surface area contributed by atoms with Gasteiger partial charge in [0, 0.05) is 24.3 Å². The standard InChI is InChI=1S/C33H23ClN4O5/c34-25-11-5-6-12-26(25)37-31(40)29-28-21-7-1-3-9-23(21)33(30(29)32(37)41,24-10-4-2-8-22(24)28)18-35-36-27(39)17-19-13-15-20(16-14-19)38(42)43/h1-16,18,28-30H,17H2,(H,36,39). The van der Waals surface area contributed by atoms with E-state index in [1.54, 1.807) is 30.5 Å². The summed E-state index contributed by atoms with van der Waals surface area (Å²) in [4.78, 5) is 53.1. The summed E-state index contributed by atoms with van der Waals surface area (Å²) in [5.41, 5.74) is 5.88. The molecule has 1 heterocycles. The summed E-state index contributed by atoms with van der Waals surface area (Å²) in [6, 6.07) is 28.0. The van der Waals surface area contributed by atoms with Crippen LogP contribution in [0.15, 0.2) is 102 Å². The number of imide groups is 1. The summed E-state index contributed by atoms with van der Waals surface area (Å²) in [5.74, 6) is -2.99. The van der Waals surface area contributed by atoms with Gasteiger partial charge in [0.15, 0.2) is 0 Å². The summed E-state index contributed by atoms with van der Waals surface area (Å²) < 4.78 is 0. The van der Waals surface area contributed by atoms with E-state index < -0.39 is 28.1 Å². The van der Waals surface area contributed by atoms with Crippen molar-refractivity contribution in [3.05, 3.63) is 140 Å². The number of non-ortho nitro benzene ring substituents is 1. The van der Waals surface area contributed by atoms with Gasteiger partial charge in [-0.3, -0.25) is 24.5 Å². The molecule has 1 aliphatic heterocycles. The third-order valence-electron chi connectivity index (χ3n) is 8.75. The van der Waals surface area contributed by atoms with Gasteiger partial charge in [-0.15, -0.1) is 0 Å². The number of benzene rings is 4. The van der Waals surface area contributed by atoms with Crippen molar-refractivity contribution in [3.63, 3.8) is 0 Å². The molecule has 212 valence electrons. The molecule has 2 bridgehead atoms. The summed E-state index contributed by atoms with van der Waals surface area (Å²) in [6.07, 6.45) is 1.54. The number of carbonyl (C=O) groups is 3. The second-order valence-corrected chi connectivity index (χ2v) is 11.3. The van der Waals surface area contributed by atoms with Crippen molar-refractivity contribution in [1.29, 1.82) is 0 Å². The Morgan fingerprint density at radius 2 is 1.51 bits per heavy atom. The number of hydrogen-bond acceptors (Lipinski definition) is 6. The van der Waals surface area contributed by atoms with Gasteiger partial charge in [0.2, 0.25) is 17.7 Å². The fourth-order valence-corrected chi connectivity index (χ4v) is 7.31. The van der Waals surface area contributed by atoms with Crippen LogP contribution in [0.25, 0.3) is 0 Å². The quantitative estimate of drug-likeness (QED) is 0.144. The molecule has 43 heavy (non-hydrogen) atoms. The van der Waals surface area contributed by atoms with E-state index in [0.29, 0.717) is 16.3 Å². The molecule has 1 fully saturated rings. The maximum Gasteiger partial charge on any atom is 0.269 e. The molecular formula is C33H23ClN4O5. The first-order valence-electron chi connectivity index (χ1n) is 13.7. The molecule has 0 radical (unpaired) electrons. The zero-order chi connectivity index (χ0) is 29.9. The summed E-state index contributed by atoms with van der Waals surface area (Å²) in [6.45, 7) is 0. The fourth-order valence-electron chi connectivity index (χ4n) is 7.09. The minimum Gasteiger partial charge on any atom is -0.274 e. The molecule has 2 unspecified atom stereocenters. The highest BCUT2D eigenvalue weighted by atomic mass is 35.5. The minimum absolute atomic E-state index is 0.0542. The summed E-state index contributed by atoms with van der Waals surface area (Å²) in [5, 5.41) is 15.6. The number of amides is 3. The van der Waals surface area contributed by atoms with Crippen LogP contribution in [-0.4, -0.2) is 28.9 Å². The maximum absolute atomic E-state index is 14.4. The highest BCUT2D eigenvalue weighted by Crippen LogP contribution is 2.63. The van der Waals surface area contributed by atoms with Crippen molar-refractivity contribution >= 4 is 46.9 Å². The zero-order valence-corrected chi connectivity index (χ0v) is 23.3. The molecule has 3 amide bonds. The second kappa shape index (κ2) is 9.99. The van der Waals surface area contributed by atoms with E-state index >= 15 is 0 Å². The molecule has 0 spiro atoms. The Morgan fingerprint density at radius 1 is 0.907 bits per heavy atom. The molecule has 0 saturated carbocycles. The average Bonchev–Trinajstić information content (AvgIpc) is 3.28. The van der Waals surface area contributed by atoms with Gasteiger partial charge >= 0.3 is 0 Å². The highest BCUT2D eigenvalue weighted by molar-refractivity contribution is 6.36. The number of anilines is 1. The zero-order valence-electron chi connectivity index (χ0n) is 22.5. The van der Waals surface area contributed by atoms with Crippen LogP contribution in [0.4, 0.5) is 11.4 Å². The number of nitrogens with zero attached hydrogens (tertiary/aromatic N) is 3. The molecule has 1 N–H and O–H groups in total. The first-order chi connectivity index (χ1) is 20.8. The number of nitro benzene ring substituents is 1. The first kappa shape index (κ1) is 26.7. The van der Waals surface area contributed by atoms with Crippen molar-refractivity contribution in [3.8, 4) is 0 Å². The van der Waals surface area contributed by atoms with Crippen molar-refractivity contribution in [2.24, 2.45) is 16.9 Å². The van der Waals surface area contributed by atoms with E-state index in [0.717, 1.165) is 22.3 Å². The van der Waals surface area contributed by atoms with Crippen LogP contribution in [0.2, 0.25) is 5.02 Å². The van der Waals surface area contributed by atoms with E-state index in [-0.39, 0.29) is 29.8 Å². The average molecular weight is 591 g/mol. The Morgan fingerprint density at radius 3 is 2.14 bits per heavy atom. The van der Waals surface area contributed by atoms with Crippen molar-refractivity contribution < 1.29 is 19.3 Å². The number of carbonyl (C=O) groups excluding carboxylic acids is 3. The van der Waals surface area contributed by atoms with Gasteiger partial charge < -0.3 is 0 Å². The van der Waals surface area contributed by atoms with E-state index in [9.17, 15) is 24.5 Å². The number of halogens is 1. The molecule has 1 saturated heterocycles. The molecule has 4 aromatic rings. The van der Waals surface area contributed by atoms with Crippen molar-refractivity contribution in [2.45, 2.75) is 17.8 Å². The smallest absolute Gasteiger partial charge is 0.269 e. The molecular weight excluding hydrogens is 568 g/mol. The van der Waals surface area contributed by atoms with Gasteiger partial charge in [-0.2, -0.15) is 5.10 Å². The molecule has 2 atom stereocenters. The summed E-state index contributed by atoms with van der Waals surface area (Å²) in [7, 11) is 0. The molecule has 0 aromatic heterocycles. The number of hydrogen-bond donors (Lipinski definition) is 1. The van der Waals surface area contributed by atoms with E-state index in [4.69, 9.17) is 11.6 Å². The van der Waals surface area contributed by atoms with Gasteiger partial charge in [-0.1, -0.05) is 84.4 Å². The lowest BCUT2D eigenvalue weighted by molar-refractivity contribution is -0.384. The molecule has 4 aliphatic rings. The van der Waals surface area contributed by atoms with Gasteiger partial charge in [-0.05, 0) is 39.9 Å². The van der Waals surface area contributed by atoms with Gasteiger partial charge in [0.25, 0.3) is 5.69 Å². The number of rotatable bonds is 6. The Bertz CT molecular complexity index is 1820. The molecule has 9 nitrogen and oxygen atoms in total. The predicted molar refractivity (Wildman–Crippen MR) is 160 cm³/mol. The lowest BCUT2D eigenvalue weighted by Crippen LogP contribution is -2.54. The monoisotopic (exact) mass is 590 g/mol. The van der Waals surface area contributed by atoms with Crippen LogP contribution < -0.4 is 10.3 Å². The van der Waals surface area contributed by atoms with Crippen LogP contribution in [0.1, 0.15) is 33.7 Å². The normalized spacial score (nSPS) is 23.2. The molecule has 4 aromatic carbocycles. The number of para-hydroxylation sites is 1. The highest BCUT2D eigenvalue weighted by Gasteiger charge is 2.68. The Balaban J connectivity index is 1.31. The van der Waals surface area contributed by atoms with E-state index in [2.05, 4.69) is 10.5 Å². The van der Waals surface area contributed by atoms with Gasteiger partial charge in [0.05, 0.1) is 39.3 Å². The lowest BCUT2D eigenvalue weighted by Gasteiger charge is -2.52. The Labute approximate surface area is 250 Å². The van der Waals surface area contributed by atoms with Crippen molar-refractivity contribution in [1.82, 2.24) is 5.43 Å². The Kier molecular flexibility index (Phi) is 6.21. The SMILES string of the molecule is O=C(Cc1ccc([N+](=O)[O-])cc1)NN=CC12c3ccccc3C(c3ccccc31)C1C(=O)N(c3ccccc3Cl)C(=O)C12. The Hall–Kier alpha value is -5.15. The van der Waals surface area contributed by atoms with E-state index in [1.165, 1.54) is 29.2 Å². The lowest BCUT2D eigenvalue weighted by atomic mass is 9.47. The van der Waals surface area contributed by atoms with Crippen LogP contribution in [0.3, 0.4) is 0 Å². The summed E-state index contributed by atoms with van der Waals surface area (Å²) >= 11 is 6.49.